The Morgan fingerprint density at radius 3 is 2.87 bits per heavy atom. The molecule has 0 aliphatic heterocycles. The first-order valence-corrected chi connectivity index (χ1v) is 4.41. The van der Waals surface area contributed by atoms with Crippen LogP contribution in [0.5, 0.6) is 0 Å². The van der Waals surface area contributed by atoms with E-state index in [0.29, 0.717) is 11.6 Å². The van der Waals surface area contributed by atoms with Crippen LogP contribution in [0.3, 0.4) is 0 Å². The van der Waals surface area contributed by atoms with Gasteiger partial charge in [0.1, 0.15) is 5.76 Å². The van der Waals surface area contributed by atoms with Gasteiger partial charge < -0.3 is 9.73 Å². The fourth-order valence-electron chi connectivity index (χ4n) is 1.11. The minimum atomic E-state index is -0.408. The summed E-state index contributed by atoms with van der Waals surface area (Å²) in [5, 5.41) is 9.13. The van der Waals surface area contributed by atoms with Gasteiger partial charge >= 0.3 is 5.91 Å². The van der Waals surface area contributed by atoms with Gasteiger partial charge in [-0.1, -0.05) is 0 Å². The number of carbonyl (C=O) groups is 1. The maximum absolute atomic E-state index is 11.5. The maximum Gasteiger partial charge on any atom is 0.312 e. The summed E-state index contributed by atoms with van der Waals surface area (Å²) >= 11 is 0. The maximum atomic E-state index is 11.5. The van der Waals surface area contributed by atoms with Crippen molar-refractivity contribution in [2.45, 2.75) is 13.8 Å². The Balaban J connectivity index is 2.10. The largest absolute Gasteiger partial charge is 0.438 e. The number of hydrogen-bond donors (Lipinski definition) is 2. The highest BCUT2D eigenvalue weighted by Crippen LogP contribution is 2.07. The molecule has 0 aromatic carbocycles. The van der Waals surface area contributed by atoms with Crippen LogP contribution < -0.4 is 5.32 Å². The Kier molecular flexibility index (Phi) is 2.24. The number of rotatable bonds is 2. The first kappa shape index (κ1) is 9.45. The number of aryl methyl sites for hydroxylation is 2. The SMILES string of the molecule is Cc1cc(NC(=O)c2ncc(C)o2)n[nH]1. The minimum absolute atomic E-state index is 0.0353. The highest BCUT2D eigenvalue weighted by Gasteiger charge is 2.12. The molecule has 2 aromatic rings. The van der Waals surface area contributed by atoms with Crippen molar-refractivity contribution in [3.63, 3.8) is 0 Å². The van der Waals surface area contributed by atoms with Gasteiger partial charge in [0.2, 0.25) is 0 Å². The Morgan fingerprint density at radius 2 is 2.33 bits per heavy atom. The number of nitrogens with zero attached hydrogens (tertiary/aromatic N) is 2. The van der Waals surface area contributed by atoms with Crippen molar-refractivity contribution >= 4 is 11.7 Å². The second kappa shape index (κ2) is 3.56. The molecule has 15 heavy (non-hydrogen) atoms. The zero-order valence-corrected chi connectivity index (χ0v) is 8.37. The van der Waals surface area contributed by atoms with Gasteiger partial charge in [-0.3, -0.25) is 9.89 Å². The topological polar surface area (TPSA) is 83.8 Å². The lowest BCUT2D eigenvalue weighted by molar-refractivity contribution is 0.0988. The van der Waals surface area contributed by atoms with E-state index in [1.807, 2.05) is 6.92 Å². The van der Waals surface area contributed by atoms with Crippen molar-refractivity contribution in [3.8, 4) is 0 Å². The van der Waals surface area contributed by atoms with Gasteiger partial charge in [-0.15, -0.1) is 0 Å². The molecule has 1 amide bonds. The van der Waals surface area contributed by atoms with Gasteiger partial charge in [0, 0.05) is 11.8 Å². The van der Waals surface area contributed by atoms with Crippen LogP contribution >= 0.6 is 0 Å². The van der Waals surface area contributed by atoms with Gasteiger partial charge in [-0.25, -0.2) is 4.98 Å². The molecule has 6 heteroatoms. The second-order valence-electron chi connectivity index (χ2n) is 3.17. The molecule has 0 saturated heterocycles. The number of aromatic nitrogens is 3. The summed E-state index contributed by atoms with van der Waals surface area (Å²) in [6.07, 6.45) is 1.49. The van der Waals surface area contributed by atoms with Crippen LogP contribution in [0.25, 0.3) is 0 Å². The molecule has 2 aromatic heterocycles. The van der Waals surface area contributed by atoms with Crippen LogP contribution in [0, 0.1) is 13.8 Å². The van der Waals surface area contributed by atoms with Gasteiger partial charge in [-0.2, -0.15) is 5.10 Å². The molecular weight excluding hydrogens is 196 g/mol. The van der Waals surface area contributed by atoms with Crippen LogP contribution in [-0.2, 0) is 0 Å². The fraction of sp³-hybridized carbons (Fsp3) is 0.222. The molecule has 2 N–H and O–H groups in total. The molecule has 78 valence electrons. The Bertz CT molecular complexity index is 486. The number of aromatic amines is 1. The van der Waals surface area contributed by atoms with Crippen molar-refractivity contribution in [1.82, 2.24) is 15.2 Å². The highest BCUT2D eigenvalue weighted by molar-refractivity contribution is 6.00. The number of hydrogen-bond acceptors (Lipinski definition) is 4. The molecular formula is C9H10N4O2. The third-order valence-corrected chi connectivity index (χ3v) is 1.76. The normalized spacial score (nSPS) is 10.3. The predicted octanol–water partition coefficient (Wildman–Crippen LogP) is 1.27. The quantitative estimate of drug-likeness (QED) is 0.774. The van der Waals surface area contributed by atoms with E-state index in [-0.39, 0.29) is 5.89 Å². The summed E-state index contributed by atoms with van der Waals surface area (Å²) < 4.78 is 5.06. The standard InChI is InChI=1S/C9H10N4O2/c1-5-3-7(13-12-5)11-8(14)9-10-4-6(2)15-9/h3-4H,1-2H3,(H2,11,12,13,14). The second-order valence-corrected chi connectivity index (χ2v) is 3.17. The van der Waals surface area contributed by atoms with Crippen molar-refractivity contribution in [3.05, 3.63) is 29.6 Å². The number of nitrogens with one attached hydrogen (secondary N) is 2. The van der Waals surface area contributed by atoms with E-state index in [2.05, 4.69) is 20.5 Å². The van der Waals surface area contributed by atoms with Gasteiger partial charge in [0.25, 0.3) is 5.89 Å². The van der Waals surface area contributed by atoms with E-state index in [9.17, 15) is 4.79 Å². The summed E-state index contributed by atoms with van der Waals surface area (Å²) in [5.74, 6) is 0.675. The summed E-state index contributed by atoms with van der Waals surface area (Å²) in [6.45, 7) is 3.57. The smallest absolute Gasteiger partial charge is 0.312 e. The van der Waals surface area contributed by atoms with Crippen molar-refractivity contribution < 1.29 is 9.21 Å². The average Bonchev–Trinajstić information content (AvgIpc) is 2.75. The van der Waals surface area contributed by atoms with E-state index in [1.165, 1.54) is 6.20 Å². The molecule has 0 spiro atoms. The number of anilines is 1. The molecule has 0 radical (unpaired) electrons. The lowest BCUT2D eigenvalue weighted by Gasteiger charge is -1.95. The van der Waals surface area contributed by atoms with Crippen molar-refractivity contribution in [2.75, 3.05) is 5.32 Å². The molecule has 0 aliphatic carbocycles. The molecule has 2 rings (SSSR count). The highest BCUT2D eigenvalue weighted by atomic mass is 16.4. The number of oxazole rings is 1. The monoisotopic (exact) mass is 206 g/mol. The number of carbonyl (C=O) groups excluding carboxylic acids is 1. The third kappa shape index (κ3) is 2.04. The van der Waals surface area contributed by atoms with Crippen LogP contribution in [0.4, 0.5) is 5.82 Å². The summed E-state index contributed by atoms with van der Waals surface area (Å²) in [6, 6.07) is 1.72. The van der Waals surface area contributed by atoms with E-state index >= 15 is 0 Å². The minimum Gasteiger partial charge on any atom is -0.438 e. The van der Waals surface area contributed by atoms with Crippen LogP contribution in [0.2, 0.25) is 0 Å². The van der Waals surface area contributed by atoms with Crippen LogP contribution in [0.1, 0.15) is 22.1 Å². The molecule has 0 atom stereocenters. The zero-order chi connectivity index (χ0) is 10.8. The summed E-state index contributed by atoms with van der Waals surface area (Å²) in [7, 11) is 0. The lowest BCUT2D eigenvalue weighted by Crippen LogP contribution is -2.12. The fourth-order valence-corrected chi connectivity index (χ4v) is 1.11. The van der Waals surface area contributed by atoms with Gasteiger partial charge in [-0.05, 0) is 13.8 Å². The van der Waals surface area contributed by atoms with E-state index in [0.717, 1.165) is 5.69 Å². The number of amides is 1. The predicted molar refractivity (Wildman–Crippen MR) is 52.5 cm³/mol. The molecule has 2 heterocycles. The molecule has 0 saturated carbocycles. The van der Waals surface area contributed by atoms with E-state index in [4.69, 9.17) is 4.42 Å². The first-order chi connectivity index (χ1) is 7.15. The summed E-state index contributed by atoms with van der Waals surface area (Å²) in [4.78, 5) is 15.3. The summed E-state index contributed by atoms with van der Waals surface area (Å²) in [5.41, 5.74) is 0.869. The van der Waals surface area contributed by atoms with E-state index < -0.39 is 5.91 Å². The Labute approximate surface area is 85.7 Å². The Morgan fingerprint density at radius 1 is 1.53 bits per heavy atom. The average molecular weight is 206 g/mol. The van der Waals surface area contributed by atoms with Gasteiger partial charge in [0.05, 0.1) is 6.20 Å². The molecule has 0 aliphatic rings. The zero-order valence-electron chi connectivity index (χ0n) is 8.37. The van der Waals surface area contributed by atoms with Crippen LogP contribution in [0.15, 0.2) is 16.7 Å². The molecule has 0 bridgehead atoms. The third-order valence-electron chi connectivity index (χ3n) is 1.76. The molecule has 6 nitrogen and oxygen atoms in total. The molecule has 0 fully saturated rings. The first-order valence-electron chi connectivity index (χ1n) is 4.41. The van der Waals surface area contributed by atoms with E-state index in [1.54, 1.807) is 13.0 Å². The molecule has 0 unspecified atom stereocenters. The van der Waals surface area contributed by atoms with Gasteiger partial charge in [0.15, 0.2) is 5.82 Å². The van der Waals surface area contributed by atoms with Crippen molar-refractivity contribution in [1.29, 1.82) is 0 Å². The lowest BCUT2D eigenvalue weighted by atomic mass is 10.4. The Hall–Kier alpha value is -2.11. The van der Waals surface area contributed by atoms with Crippen LogP contribution in [-0.4, -0.2) is 21.1 Å². The van der Waals surface area contributed by atoms with Crippen molar-refractivity contribution in [2.24, 2.45) is 0 Å². The number of H-pyrrole nitrogens is 1.